The topological polar surface area (TPSA) is 55.5 Å². The molecule has 3 heteroatoms. The predicted molar refractivity (Wildman–Crippen MR) is 76.2 cm³/mol. The number of aliphatic hydroxyl groups excluding tert-OH is 1. The highest BCUT2D eigenvalue weighted by molar-refractivity contribution is 5.31. The van der Waals surface area contributed by atoms with Gasteiger partial charge in [0.1, 0.15) is 5.75 Å². The first kappa shape index (κ1) is 13.6. The monoisotopic (exact) mass is 257 g/mol. The van der Waals surface area contributed by atoms with Gasteiger partial charge in [0.25, 0.3) is 0 Å². The summed E-state index contributed by atoms with van der Waals surface area (Å²) >= 11 is 0. The molecule has 2 aromatic rings. The fraction of sp³-hybridized carbons (Fsp3) is 0.250. The molecule has 0 fully saturated rings. The second-order valence-electron chi connectivity index (χ2n) is 4.47. The first-order valence-corrected chi connectivity index (χ1v) is 6.33. The van der Waals surface area contributed by atoms with Crippen LogP contribution >= 0.6 is 0 Å². The van der Waals surface area contributed by atoms with Crippen molar-refractivity contribution in [1.82, 2.24) is 0 Å². The van der Waals surface area contributed by atoms with Crippen molar-refractivity contribution in [1.29, 1.82) is 0 Å². The maximum Gasteiger partial charge on any atom is 0.118 e. The van der Waals surface area contributed by atoms with Crippen LogP contribution in [0.2, 0.25) is 0 Å². The van der Waals surface area contributed by atoms with E-state index in [9.17, 15) is 5.11 Å². The van der Waals surface area contributed by atoms with Gasteiger partial charge in [0.05, 0.1) is 13.2 Å². The molecule has 0 saturated carbocycles. The summed E-state index contributed by atoms with van der Waals surface area (Å²) in [5, 5.41) is 10.5. The van der Waals surface area contributed by atoms with E-state index >= 15 is 0 Å². The minimum absolute atomic E-state index is 0.102. The van der Waals surface area contributed by atoms with Gasteiger partial charge in [0.15, 0.2) is 0 Å². The number of rotatable bonds is 5. The normalized spacial score (nSPS) is 13.8. The van der Waals surface area contributed by atoms with E-state index < -0.39 is 6.10 Å². The molecule has 19 heavy (non-hydrogen) atoms. The molecule has 0 spiro atoms. The van der Waals surface area contributed by atoms with E-state index in [1.165, 1.54) is 0 Å². The van der Waals surface area contributed by atoms with Crippen molar-refractivity contribution in [3.8, 4) is 5.75 Å². The lowest BCUT2D eigenvalue weighted by Crippen LogP contribution is -2.20. The number of benzene rings is 2. The van der Waals surface area contributed by atoms with Crippen LogP contribution in [-0.4, -0.2) is 18.8 Å². The average Bonchev–Trinajstić information content (AvgIpc) is 2.49. The molecule has 2 aromatic carbocycles. The average molecular weight is 257 g/mol. The molecular formula is C16H19NO2. The van der Waals surface area contributed by atoms with Gasteiger partial charge in [-0.3, -0.25) is 0 Å². The number of hydrogen-bond acceptors (Lipinski definition) is 3. The van der Waals surface area contributed by atoms with Gasteiger partial charge in [-0.2, -0.15) is 0 Å². The van der Waals surface area contributed by atoms with E-state index in [0.717, 1.165) is 16.9 Å². The summed E-state index contributed by atoms with van der Waals surface area (Å²) in [6, 6.07) is 17.3. The molecule has 0 aliphatic rings. The standard InChI is InChI=1S/C16H19NO2/c1-19-14-9-7-13(8-10-14)16(18)15(11-17)12-5-3-2-4-6-12/h2-10,15-16,18H,11,17H2,1H3. The largest absolute Gasteiger partial charge is 0.497 e. The van der Waals surface area contributed by atoms with Crippen LogP contribution in [0.1, 0.15) is 23.1 Å². The van der Waals surface area contributed by atoms with E-state index in [4.69, 9.17) is 10.5 Å². The molecule has 0 aliphatic carbocycles. The molecule has 2 rings (SSSR count). The Labute approximate surface area is 113 Å². The van der Waals surface area contributed by atoms with Gasteiger partial charge < -0.3 is 15.6 Å². The molecule has 0 aromatic heterocycles. The molecule has 0 amide bonds. The van der Waals surface area contributed by atoms with Crippen LogP contribution in [0.5, 0.6) is 5.75 Å². The van der Waals surface area contributed by atoms with Gasteiger partial charge in [-0.25, -0.2) is 0 Å². The Kier molecular flexibility index (Phi) is 4.55. The van der Waals surface area contributed by atoms with Gasteiger partial charge in [0, 0.05) is 12.5 Å². The van der Waals surface area contributed by atoms with Crippen LogP contribution in [0, 0.1) is 0 Å². The lowest BCUT2D eigenvalue weighted by molar-refractivity contribution is 0.147. The third kappa shape index (κ3) is 3.13. The maximum absolute atomic E-state index is 10.5. The van der Waals surface area contributed by atoms with Crippen molar-refractivity contribution < 1.29 is 9.84 Å². The minimum atomic E-state index is -0.613. The number of aliphatic hydroxyl groups is 1. The highest BCUT2D eigenvalue weighted by Gasteiger charge is 2.21. The second-order valence-corrected chi connectivity index (χ2v) is 4.47. The molecular weight excluding hydrogens is 238 g/mol. The Morgan fingerprint density at radius 1 is 1.00 bits per heavy atom. The van der Waals surface area contributed by atoms with Gasteiger partial charge >= 0.3 is 0 Å². The molecule has 0 heterocycles. The molecule has 100 valence electrons. The molecule has 2 atom stereocenters. The van der Waals surface area contributed by atoms with Crippen molar-refractivity contribution in [3.63, 3.8) is 0 Å². The first-order chi connectivity index (χ1) is 9.26. The zero-order valence-electron chi connectivity index (χ0n) is 11.0. The quantitative estimate of drug-likeness (QED) is 0.865. The maximum atomic E-state index is 10.5. The SMILES string of the molecule is COc1ccc(C(O)C(CN)c2ccccc2)cc1. The summed E-state index contributed by atoms with van der Waals surface area (Å²) in [4.78, 5) is 0. The van der Waals surface area contributed by atoms with Crippen LogP contribution in [0.15, 0.2) is 54.6 Å². The number of ether oxygens (including phenoxy) is 1. The highest BCUT2D eigenvalue weighted by atomic mass is 16.5. The third-order valence-corrected chi connectivity index (χ3v) is 3.32. The summed E-state index contributed by atoms with van der Waals surface area (Å²) in [5.74, 6) is 0.676. The fourth-order valence-electron chi connectivity index (χ4n) is 2.18. The first-order valence-electron chi connectivity index (χ1n) is 6.33. The van der Waals surface area contributed by atoms with Crippen LogP contribution in [0.25, 0.3) is 0 Å². The van der Waals surface area contributed by atoms with Crippen LogP contribution in [0.3, 0.4) is 0 Å². The lowest BCUT2D eigenvalue weighted by atomic mass is 9.89. The van der Waals surface area contributed by atoms with E-state index in [-0.39, 0.29) is 5.92 Å². The molecule has 0 aliphatic heterocycles. The Morgan fingerprint density at radius 2 is 1.63 bits per heavy atom. The summed E-state index contributed by atoms with van der Waals surface area (Å²) in [7, 11) is 1.62. The van der Waals surface area contributed by atoms with Gasteiger partial charge in [-0.05, 0) is 23.3 Å². The third-order valence-electron chi connectivity index (χ3n) is 3.32. The fourth-order valence-corrected chi connectivity index (χ4v) is 2.18. The van der Waals surface area contributed by atoms with Gasteiger partial charge in [-0.1, -0.05) is 42.5 Å². The number of nitrogens with two attached hydrogens (primary N) is 1. The Hall–Kier alpha value is -1.84. The van der Waals surface area contributed by atoms with Crippen molar-refractivity contribution in [3.05, 3.63) is 65.7 Å². The zero-order chi connectivity index (χ0) is 13.7. The molecule has 0 saturated heterocycles. The van der Waals surface area contributed by atoms with Crippen molar-refractivity contribution in [2.45, 2.75) is 12.0 Å². The minimum Gasteiger partial charge on any atom is -0.497 e. The van der Waals surface area contributed by atoms with Crippen molar-refractivity contribution in [2.24, 2.45) is 5.73 Å². The summed E-state index contributed by atoms with van der Waals surface area (Å²) in [6.07, 6.45) is -0.613. The van der Waals surface area contributed by atoms with Gasteiger partial charge in [0.2, 0.25) is 0 Å². The number of hydrogen-bond donors (Lipinski definition) is 2. The number of methoxy groups -OCH3 is 1. The molecule has 0 bridgehead atoms. The van der Waals surface area contributed by atoms with Crippen molar-refractivity contribution >= 4 is 0 Å². The summed E-state index contributed by atoms with van der Waals surface area (Å²) in [6.45, 7) is 0.400. The van der Waals surface area contributed by atoms with E-state index in [2.05, 4.69) is 0 Å². The van der Waals surface area contributed by atoms with Crippen molar-refractivity contribution in [2.75, 3.05) is 13.7 Å². The molecule has 2 unspecified atom stereocenters. The molecule has 0 radical (unpaired) electrons. The Bertz CT molecular complexity index is 496. The van der Waals surface area contributed by atoms with E-state index in [1.807, 2.05) is 54.6 Å². The summed E-state index contributed by atoms with van der Waals surface area (Å²) < 4.78 is 5.11. The second kappa shape index (κ2) is 6.36. The summed E-state index contributed by atoms with van der Waals surface area (Å²) in [5.41, 5.74) is 7.71. The zero-order valence-corrected chi connectivity index (χ0v) is 11.0. The van der Waals surface area contributed by atoms with Crippen LogP contribution in [0.4, 0.5) is 0 Å². The smallest absolute Gasteiger partial charge is 0.118 e. The lowest BCUT2D eigenvalue weighted by Gasteiger charge is -2.22. The molecule has 3 nitrogen and oxygen atoms in total. The van der Waals surface area contributed by atoms with Crippen LogP contribution in [-0.2, 0) is 0 Å². The van der Waals surface area contributed by atoms with Crippen LogP contribution < -0.4 is 10.5 Å². The van der Waals surface area contributed by atoms with E-state index in [0.29, 0.717) is 6.54 Å². The highest BCUT2D eigenvalue weighted by Crippen LogP contribution is 2.30. The molecule has 3 N–H and O–H groups in total. The van der Waals surface area contributed by atoms with E-state index in [1.54, 1.807) is 7.11 Å². The predicted octanol–water partition coefficient (Wildman–Crippen LogP) is 2.47. The Morgan fingerprint density at radius 3 is 2.16 bits per heavy atom. The Balaban J connectivity index is 2.22. The van der Waals surface area contributed by atoms with Gasteiger partial charge in [-0.15, -0.1) is 0 Å².